The van der Waals surface area contributed by atoms with Gasteiger partial charge in [-0.05, 0) is 20.8 Å². The smallest absolute Gasteiger partial charge is 0.134 e. The first-order chi connectivity index (χ1) is 8.90. The molecule has 0 atom stereocenters. The van der Waals surface area contributed by atoms with E-state index in [1.165, 1.54) is 0 Å². The van der Waals surface area contributed by atoms with Gasteiger partial charge in [-0.3, -0.25) is 4.90 Å². The van der Waals surface area contributed by atoms with Crippen molar-refractivity contribution in [3.05, 3.63) is 17.0 Å². The third-order valence-corrected chi connectivity index (χ3v) is 3.79. The highest BCUT2D eigenvalue weighted by molar-refractivity contribution is 6.29. The number of nitrogens with zero attached hydrogens (tertiary/aromatic N) is 4. The highest BCUT2D eigenvalue weighted by Gasteiger charge is 2.26. The molecule has 2 rings (SSSR count). The van der Waals surface area contributed by atoms with E-state index in [1.807, 2.05) is 13.0 Å². The predicted octanol–water partition coefficient (Wildman–Crippen LogP) is 2.61. The molecule has 0 amide bonds. The molecule has 0 spiro atoms. The van der Waals surface area contributed by atoms with Gasteiger partial charge in [-0.1, -0.05) is 18.5 Å². The lowest BCUT2D eigenvalue weighted by atomic mass is 10.1. The van der Waals surface area contributed by atoms with Gasteiger partial charge in [0.15, 0.2) is 0 Å². The molecule has 1 aromatic rings. The van der Waals surface area contributed by atoms with Gasteiger partial charge in [0, 0.05) is 44.2 Å². The van der Waals surface area contributed by atoms with Crippen molar-refractivity contribution < 1.29 is 0 Å². The van der Waals surface area contributed by atoms with Crippen LogP contribution in [0.4, 0.5) is 5.82 Å². The summed E-state index contributed by atoms with van der Waals surface area (Å²) in [6, 6.07) is 1.87. The second kappa shape index (κ2) is 5.63. The number of aryl methyl sites for hydroxylation is 1. The van der Waals surface area contributed by atoms with Gasteiger partial charge in [0.1, 0.15) is 16.8 Å². The average Bonchev–Trinajstić information content (AvgIpc) is 2.37. The SMILES string of the molecule is CCc1nc(Cl)cc(N2CCN(C(C)(C)C)CC2)n1. The molecule has 0 saturated carbocycles. The molecule has 4 nitrogen and oxygen atoms in total. The van der Waals surface area contributed by atoms with Crippen LogP contribution in [0.25, 0.3) is 0 Å². The summed E-state index contributed by atoms with van der Waals surface area (Å²) in [5, 5.41) is 0.542. The summed E-state index contributed by atoms with van der Waals surface area (Å²) in [4.78, 5) is 13.6. The Morgan fingerprint density at radius 1 is 1.16 bits per heavy atom. The van der Waals surface area contributed by atoms with Crippen LogP contribution in [-0.4, -0.2) is 46.6 Å². The zero-order valence-electron chi connectivity index (χ0n) is 12.3. The number of halogens is 1. The van der Waals surface area contributed by atoms with Crippen LogP contribution >= 0.6 is 11.6 Å². The molecule has 5 heteroatoms. The number of anilines is 1. The van der Waals surface area contributed by atoms with E-state index in [-0.39, 0.29) is 5.54 Å². The molecular formula is C14H23ClN4. The normalized spacial score (nSPS) is 17.8. The first-order valence-electron chi connectivity index (χ1n) is 6.93. The lowest BCUT2D eigenvalue weighted by Crippen LogP contribution is -2.53. The van der Waals surface area contributed by atoms with E-state index in [4.69, 9.17) is 11.6 Å². The lowest BCUT2D eigenvalue weighted by Gasteiger charge is -2.42. The van der Waals surface area contributed by atoms with Crippen LogP contribution in [0.1, 0.15) is 33.5 Å². The van der Waals surface area contributed by atoms with Crippen molar-refractivity contribution in [1.29, 1.82) is 0 Å². The minimum absolute atomic E-state index is 0.240. The number of hydrogen-bond acceptors (Lipinski definition) is 4. The quantitative estimate of drug-likeness (QED) is 0.781. The zero-order chi connectivity index (χ0) is 14.0. The summed E-state index contributed by atoms with van der Waals surface area (Å²) >= 11 is 6.06. The van der Waals surface area contributed by atoms with Gasteiger partial charge < -0.3 is 4.90 Å². The van der Waals surface area contributed by atoms with Crippen molar-refractivity contribution >= 4 is 17.4 Å². The monoisotopic (exact) mass is 282 g/mol. The lowest BCUT2D eigenvalue weighted by molar-refractivity contribution is 0.128. The molecule has 1 aliphatic heterocycles. The van der Waals surface area contributed by atoms with E-state index in [0.717, 1.165) is 44.2 Å². The predicted molar refractivity (Wildman–Crippen MR) is 80.0 cm³/mol. The van der Waals surface area contributed by atoms with Gasteiger partial charge in [-0.25, -0.2) is 9.97 Å². The van der Waals surface area contributed by atoms with Crippen LogP contribution in [0.3, 0.4) is 0 Å². The number of aromatic nitrogens is 2. The Balaban J connectivity index is 2.07. The fourth-order valence-electron chi connectivity index (χ4n) is 2.38. The van der Waals surface area contributed by atoms with Gasteiger partial charge in [-0.2, -0.15) is 0 Å². The van der Waals surface area contributed by atoms with E-state index in [9.17, 15) is 0 Å². The highest BCUT2D eigenvalue weighted by Crippen LogP contribution is 2.21. The van der Waals surface area contributed by atoms with E-state index < -0.39 is 0 Å². The Hall–Kier alpha value is -0.870. The summed E-state index contributed by atoms with van der Waals surface area (Å²) in [5.74, 6) is 1.78. The molecule has 0 aliphatic carbocycles. The van der Waals surface area contributed by atoms with Crippen molar-refractivity contribution in [2.45, 2.75) is 39.7 Å². The zero-order valence-corrected chi connectivity index (χ0v) is 13.0. The van der Waals surface area contributed by atoms with Crippen molar-refractivity contribution in [3.63, 3.8) is 0 Å². The summed E-state index contributed by atoms with van der Waals surface area (Å²) in [6.07, 6.45) is 0.815. The summed E-state index contributed by atoms with van der Waals surface area (Å²) < 4.78 is 0. The molecule has 0 bridgehead atoms. The van der Waals surface area contributed by atoms with E-state index in [2.05, 4.69) is 40.5 Å². The Morgan fingerprint density at radius 2 is 1.79 bits per heavy atom. The number of piperazine rings is 1. The second-order valence-electron chi connectivity index (χ2n) is 5.96. The Labute approximate surface area is 120 Å². The van der Waals surface area contributed by atoms with Crippen LogP contribution in [0.15, 0.2) is 6.07 Å². The van der Waals surface area contributed by atoms with Gasteiger partial charge in [-0.15, -0.1) is 0 Å². The number of rotatable bonds is 2. The van der Waals surface area contributed by atoms with Gasteiger partial charge in [0.2, 0.25) is 0 Å². The van der Waals surface area contributed by atoms with Crippen molar-refractivity contribution in [1.82, 2.24) is 14.9 Å². The molecule has 0 unspecified atom stereocenters. The molecule has 1 aliphatic rings. The maximum absolute atomic E-state index is 6.06. The van der Waals surface area contributed by atoms with Crippen molar-refractivity contribution in [3.8, 4) is 0 Å². The van der Waals surface area contributed by atoms with E-state index >= 15 is 0 Å². The topological polar surface area (TPSA) is 32.3 Å². The maximum Gasteiger partial charge on any atom is 0.134 e. The Bertz CT molecular complexity index is 434. The molecule has 0 radical (unpaired) electrons. The second-order valence-corrected chi connectivity index (χ2v) is 6.35. The van der Waals surface area contributed by atoms with E-state index in [0.29, 0.717) is 5.15 Å². The molecule has 106 valence electrons. The van der Waals surface area contributed by atoms with Crippen LogP contribution in [0, 0.1) is 0 Å². The largest absolute Gasteiger partial charge is 0.354 e. The average molecular weight is 283 g/mol. The first-order valence-corrected chi connectivity index (χ1v) is 7.31. The van der Waals surface area contributed by atoms with Crippen LogP contribution in [0.5, 0.6) is 0 Å². The van der Waals surface area contributed by atoms with Crippen molar-refractivity contribution in [2.75, 3.05) is 31.1 Å². The highest BCUT2D eigenvalue weighted by atomic mass is 35.5. The molecule has 0 N–H and O–H groups in total. The molecular weight excluding hydrogens is 260 g/mol. The van der Waals surface area contributed by atoms with Crippen LogP contribution in [0.2, 0.25) is 5.15 Å². The Kier molecular flexibility index (Phi) is 4.31. The standard InChI is InChI=1S/C14H23ClN4/c1-5-12-16-11(15)10-13(17-12)18-6-8-19(9-7-18)14(2,3)4/h10H,5-9H2,1-4H3. The summed E-state index contributed by atoms with van der Waals surface area (Å²) in [7, 11) is 0. The molecule has 0 aromatic carbocycles. The van der Waals surface area contributed by atoms with Crippen molar-refractivity contribution in [2.24, 2.45) is 0 Å². The fourth-order valence-corrected chi connectivity index (χ4v) is 2.57. The Morgan fingerprint density at radius 3 is 2.32 bits per heavy atom. The van der Waals surface area contributed by atoms with Gasteiger partial charge in [0.25, 0.3) is 0 Å². The summed E-state index contributed by atoms with van der Waals surface area (Å²) in [6.45, 7) is 13.0. The minimum atomic E-state index is 0.240. The fraction of sp³-hybridized carbons (Fsp3) is 0.714. The minimum Gasteiger partial charge on any atom is -0.354 e. The maximum atomic E-state index is 6.06. The van der Waals surface area contributed by atoms with Crippen LogP contribution in [-0.2, 0) is 6.42 Å². The molecule has 1 aromatic heterocycles. The molecule has 1 fully saturated rings. The van der Waals surface area contributed by atoms with Gasteiger partial charge >= 0.3 is 0 Å². The molecule has 19 heavy (non-hydrogen) atoms. The summed E-state index contributed by atoms with van der Waals surface area (Å²) in [5.41, 5.74) is 0.240. The van der Waals surface area contributed by atoms with Gasteiger partial charge in [0.05, 0.1) is 0 Å². The number of hydrogen-bond donors (Lipinski definition) is 0. The third-order valence-electron chi connectivity index (χ3n) is 3.60. The molecule has 1 saturated heterocycles. The van der Waals surface area contributed by atoms with E-state index in [1.54, 1.807) is 0 Å². The first kappa shape index (κ1) is 14.5. The van der Waals surface area contributed by atoms with Crippen LogP contribution < -0.4 is 4.90 Å². The molecule has 2 heterocycles. The third kappa shape index (κ3) is 3.57.